The molecule has 0 aliphatic rings. The first-order chi connectivity index (χ1) is 11.0. The first kappa shape index (κ1) is 15.4. The van der Waals surface area contributed by atoms with Gasteiger partial charge in [-0.1, -0.05) is 24.3 Å². The summed E-state index contributed by atoms with van der Waals surface area (Å²) in [5, 5.41) is -0.491. The number of aromatic nitrogens is 1. The van der Waals surface area contributed by atoms with Gasteiger partial charge in [-0.25, -0.2) is 8.78 Å². The van der Waals surface area contributed by atoms with Crippen molar-refractivity contribution in [1.82, 2.24) is 4.57 Å². The van der Waals surface area contributed by atoms with Gasteiger partial charge in [-0.3, -0.25) is 9.59 Å². The fourth-order valence-electron chi connectivity index (χ4n) is 2.50. The monoisotopic (exact) mass is 333 g/mol. The third kappa shape index (κ3) is 2.87. The van der Waals surface area contributed by atoms with E-state index in [1.54, 1.807) is 28.8 Å². The van der Waals surface area contributed by atoms with Gasteiger partial charge in [0.1, 0.15) is 0 Å². The average Bonchev–Trinajstić information content (AvgIpc) is 2.89. The first-order valence-corrected chi connectivity index (χ1v) is 7.11. The molecule has 0 unspecified atom stereocenters. The van der Waals surface area contributed by atoms with Crippen LogP contribution in [-0.4, -0.2) is 15.6 Å². The molecule has 0 atom stereocenters. The van der Waals surface area contributed by atoms with Crippen molar-refractivity contribution < 1.29 is 18.4 Å². The Bertz CT molecular complexity index is 933. The minimum atomic E-state index is -1.07. The van der Waals surface area contributed by atoms with Crippen molar-refractivity contribution in [3.63, 3.8) is 0 Å². The molecule has 3 aromatic rings. The average molecular weight is 334 g/mol. The topological polar surface area (TPSA) is 39.1 Å². The Labute approximate surface area is 135 Å². The van der Waals surface area contributed by atoms with Gasteiger partial charge < -0.3 is 4.57 Å². The lowest BCUT2D eigenvalue weighted by molar-refractivity contribution is -0.108. The Kier molecular flexibility index (Phi) is 3.96. The van der Waals surface area contributed by atoms with E-state index in [9.17, 15) is 18.4 Å². The molecule has 0 radical (unpaired) electrons. The summed E-state index contributed by atoms with van der Waals surface area (Å²) in [6, 6.07) is 10.6. The fraction of sp³-hybridized carbons (Fsp3) is 0.0588. The molecule has 0 spiro atoms. The Morgan fingerprint density at radius 3 is 2.48 bits per heavy atom. The van der Waals surface area contributed by atoms with Gasteiger partial charge in [-0.15, -0.1) is 0 Å². The van der Waals surface area contributed by atoms with E-state index >= 15 is 0 Å². The summed E-state index contributed by atoms with van der Waals surface area (Å²) in [7, 11) is 0. The highest BCUT2D eigenvalue weighted by atomic mass is 35.5. The maximum absolute atomic E-state index is 13.3. The van der Waals surface area contributed by atoms with Crippen LogP contribution in [0.1, 0.15) is 15.9 Å². The van der Waals surface area contributed by atoms with Crippen LogP contribution in [0.15, 0.2) is 48.7 Å². The summed E-state index contributed by atoms with van der Waals surface area (Å²) in [5.41, 5.74) is 1.41. The van der Waals surface area contributed by atoms with Gasteiger partial charge in [0.25, 0.3) is 5.24 Å². The number of ketones is 1. The van der Waals surface area contributed by atoms with Crippen LogP contribution in [0.4, 0.5) is 8.78 Å². The number of carbonyl (C=O) groups excluding carboxylic acids is 2. The minimum Gasteiger partial charge on any atom is -0.342 e. The Morgan fingerprint density at radius 1 is 1.04 bits per heavy atom. The molecule has 0 amide bonds. The second-order valence-electron chi connectivity index (χ2n) is 5.04. The number of Topliss-reactive ketones (excluding diaryl/α,β-unsaturated/α-hetero) is 1. The van der Waals surface area contributed by atoms with Gasteiger partial charge in [-0.05, 0) is 35.4 Å². The molecule has 0 fully saturated rings. The van der Waals surface area contributed by atoms with E-state index < -0.39 is 22.7 Å². The van der Waals surface area contributed by atoms with Gasteiger partial charge in [0.15, 0.2) is 11.6 Å². The van der Waals surface area contributed by atoms with E-state index in [0.29, 0.717) is 16.5 Å². The molecular weight excluding hydrogens is 324 g/mol. The molecule has 6 heteroatoms. The van der Waals surface area contributed by atoms with Crippen LogP contribution in [0, 0.1) is 11.6 Å². The van der Waals surface area contributed by atoms with Crippen LogP contribution in [0.3, 0.4) is 0 Å². The SMILES string of the molecule is O=C(Cl)C(=O)c1cn(Cc2ccc(F)c(F)c2)c2ccccc12. The Morgan fingerprint density at radius 2 is 1.78 bits per heavy atom. The zero-order valence-electron chi connectivity index (χ0n) is 11.7. The zero-order valence-corrected chi connectivity index (χ0v) is 12.5. The molecule has 1 aromatic heterocycles. The van der Waals surface area contributed by atoms with Gasteiger partial charge in [0, 0.05) is 23.6 Å². The third-order valence-corrected chi connectivity index (χ3v) is 3.72. The highest BCUT2D eigenvalue weighted by Gasteiger charge is 2.19. The van der Waals surface area contributed by atoms with Crippen molar-refractivity contribution in [2.45, 2.75) is 6.54 Å². The van der Waals surface area contributed by atoms with E-state index in [4.69, 9.17) is 11.6 Å². The summed E-state index contributed by atoms with van der Waals surface area (Å²) in [5.74, 6) is -2.66. The normalized spacial score (nSPS) is 10.9. The van der Waals surface area contributed by atoms with Crippen LogP contribution in [-0.2, 0) is 11.3 Å². The lowest BCUT2D eigenvalue weighted by atomic mass is 10.1. The lowest BCUT2D eigenvalue weighted by Gasteiger charge is -2.06. The van der Waals surface area contributed by atoms with Crippen molar-refractivity contribution in [3.8, 4) is 0 Å². The van der Waals surface area contributed by atoms with Crippen LogP contribution >= 0.6 is 11.6 Å². The van der Waals surface area contributed by atoms with Gasteiger partial charge in [0.2, 0.25) is 5.78 Å². The quantitative estimate of drug-likeness (QED) is 0.412. The van der Waals surface area contributed by atoms with E-state index in [1.807, 2.05) is 0 Å². The summed E-state index contributed by atoms with van der Waals surface area (Å²) >= 11 is 5.28. The predicted molar refractivity (Wildman–Crippen MR) is 82.6 cm³/mol. The number of hydrogen-bond acceptors (Lipinski definition) is 2. The molecule has 0 saturated heterocycles. The standard InChI is InChI=1S/C17H10ClF2NO2/c18-17(23)16(22)12-9-21(15-4-2-1-3-11(12)15)8-10-5-6-13(19)14(20)7-10/h1-7,9H,8H2. The largest absolute Gasteiger partial charge is 0.342 e. The second-order valence-corrected chi connectivity index (χ2v) is 5.38. The summed E-state index contributed by atoms with van der Waals surface area (Å²) in [6.07, 6.45) is 1.49. The molecule has 0 aliphatic heterocycles. The van der Waals surface area contributed by atoms with Crippen molar-refractivity contribution in [2.24, 2.45) is 0 Å². The van der Waals surface area contributed by atoms with E-state index in [1.165, 1.54) is 12.3 Å². The molecule has 1 heterocycles. The maximum Gasteiger partial charge on any atom is 0.293 e. The van der Waals surface area contributed by atoms with Gasteiger partial charge in [0.05, 0.1) is 5.56 Å². The number of fused-ring (bicyclic) bond motifs is 1. The highest BCUT2D eigenvalue weighted by molar-refractivity contribution is 6.83. The maximum atomic E-state index is 13.3. The van der Waals surface area contributed by atoms with Crippen LogP contribution < -0.4 is 0 Å². The first-order valence-electron chi connectivity index (χ1n) is 6.73. The third-order valence-electron chi connectivity index (χ3n) is 3.55. The molecule has 0 aliphatic carbocycles. The van der Waals surface area contributed by atoms with Crippen molar-refractivity contribution in [3.05, 3.63) is 71.4 Å². The van der Waals surface area contributed by atoms with Gasteiger partial charge >= 0.3 is 0 Å². The zero-order chi connectivity index (χ0) is 16.6. The molecule has 0 bridgehead atoms. The van der Waals surface area contributed by atoms with Crippen molar-refractivity contribution in [1.29, 1.82) is 0 Å². The Hall–Kier alpha value is -2.53. The summed E-state index contributed by atoms with van der Waals surface area (Å²) < 4.78 is 28.0. The molecule has 23 heavy (non-hydrogen) atoms. The predicted octanol–water partition coefficient (Wildman–Crippen LogP) is 3.92. The molecular formula is C17H10ClF2NO2. The van der Waals surface area contributed by atoms with Crippen LogP contribution in [0.25, 0.3) is 10.9 Å². The van der Waals surface area contributed by atoms with E-state index in [2.05, 4.69) is 0 Å². The number of rotatable bonds is 4. The molecule has 116 valence electrons. The lowest BCUT2D eigenvalue weighted by Crippen LogP contribution is -2.06. The molecule has 0 saturated carbocycles. The summed E-state index contributed by atoms with van der Waals surface area (Å²) in [6.45, 7) is 0.224. The Balaban J connectivity index is 2.09. The smallest absolute Gasteiger partial charge is 0.293 e. The number of carbonyl (C=O) groups is 2. The number of para-hydroxylation sites is 1. The highest BCUT2D eigenvalue weighted by Crippen LogP contribution is 2.24. The van der Waals surface area contributed by atoms with E-state index in [0.717, 1.165) is 12.1 Å². The molecule has 3 nitrogen and oxygen atoms in total. The minimum absolute atomic E-state index is 0.184. The molecule has 3 rings (SSSR count). The number of nitrogens with zero attached hydrogens (tertiary/aromatic N) is 1. The number of halogens is 3. The van der Waals surface area contributed by atoms with Crippen molar-refractivity contribution in [2.75, 3.05) is 0 Å². The van der Waals surface area contributed by atoms with Crippen molar-refractivity contribution >= 4 is 33.5 Å². The molecule has 0 N–H and O–H groups in total. The number of hydrogen-bond donors (Lipinski definition) is 0. The van der Waals surface area contributed by atoms with Crippen LogP contribution in [0.2, 0.25) is 0 Å². The molecule has 2 aromatic carbocycles. The van der Waals surface area contributed by atoms with E-state index in [-0.39, 0.29) is 12.1 Å². The second kappa shape index (κ2) is 5.93. The fourth-order valence-corrected chi connectivity index (χ4v) is 2.60. The van der Waals surface area contributed by atoms with Gasteiger partial charge in [-0.2, -0.15) is 0 Å². The number of benzene rings is 2. The van der Waals surface area contributed by atoms with Crippen LogP contribution in [0.5, 0.6) is 0 Å². The summed E-state index contributed by atoms with van der Waals surface area (Å²) in [4.78, 5) is 23.1.